The standard InChI is InChI=1S/C18H26N4O2.2ClH/c1-13(2)22-15-6-4-3-5-14(15)21-16(22)7-10-20-17(23)18(19)8-11-24-12-9-18;;/h3-6,13H,7-12,19H2,1-2H3,(H,20,23);2*1H. The molecule has 1 fully saturated rings. The summed E-state index contributed by atoms with van der Waals surface area (Å²) in [5.41, 5.74) is 7.54. The van der Waals surface area contributed by atoms with Crippen molar-refractivity contribution in [1.82, 2.24) is 14.9 Å². The van der Waals surface area contributed by atoms with Gasteiger partial charge in [-0.05, 0) is 38.8 Å². The fourth-order valence-corrected chi connectivity index (χ4v) is 3.27. The van der Waals surface area contributed by atoms with E-state index in [0.717, 1.165) is 16.9 Å². The lowest BCUT2D eigenvalue weighted by Gasteiger charge is -2.31. The molecule has 1 aromatic heterocycles. The Kier molecular flexibility index (Phi) is 8.34. The summed E-state index contributed by atoms with van der Waals surface area (Å²) in [5, 5.41) is 2.98. The van der Waals surface area contributed by atoms with Gasteiger partial charge in [-0.25, -0.2) is 4.98 Å². The number of carbonyl (C=O) groups excluding carboxylic acids is 1. The summed E-state index contributed by atoms with van der Waals surface area (Å²) >= 11 is 0. The molecular formula is C18H28Cl2N4O2. The van der Waals surface area contributed by atoms with E-state index in [-0.39, 0.29) is 30.7 Å². The largest absolute Gasteiger partial charge is 0.381 e. The third kappa shape index (κ3) is 4.68. The Labute approximate surface area is 166 Å². The van der Waals surface area contributed by atoms with Crippen LogP contribution in [0.25, 0.3) is 11.0 Å². The van der Waals surface area contributed by atoms with Crippen molar-refractivity contribution in [2.24, 2.45) is 5.73 Å². The van der Waals surface area contributed by atoms with Gasteiger partial charge in [-0.15, -0.1) is 24.8 Å². The first-order valence-electron chi connectivity index (χ1n) is 8.62. The molecule has 3 N–H and O–H groups in total. The average Bonchev–Trinajstić information content (AvgIpc) is 2.93. The second-order valence-corrected chi connectivity index (χ2v) is 6.75. The van der Waals surface area contributed by atoms with Gasteiger partial charge in [0.05, 0.1) is 16.6 Å². The zero-order valence-electron chi connectivity index (χ0n) is 15.2. The second kappa shape index (κ2) is 9.55. The molecule has 146 valence electrons. The first-order valence-corrected chi connectivity index (χ1v) is 8.62. The third-order valence-corrected chi connectivity index (χ3v) is 4.66. The first kappa shape index (κ1) is 22.7. The van der Waals surface area contributed by atoms with Crippen LogP contribution in [0.2, 0.25) is 0 Å². The van der Waals surface area contributed by atoms with Crippen LogP contribution in [0.15, 0.2) is 24.3 Å². The lowest BCUT2D eigenvalue weighted by atomic mass is 9.90. The Morgan fingerprint density at radius 3 is 2.62 bits per heavy atom. The fourth-order valence-electron chi connectivity index (χ4n) is 3.27. The number of aromatic nitrogens is 2. The molecule has 1 aliphatic heterocycles. The van der Waals surface area contributed by atoms with Crippen molar-refractivity contribution in [3.05, 3.63) is 30.1 Å². The Bertz CT molecular complexity index is 727. The van der Waals surface area contributed by atoms with Crippen LogP contribution >= 0.6 is 24.8 Å². The molecule has 1 aliphatic rings. The summed E-state index contributed by atoms with van der Waals surface area (Å²) in [5.74, 6) is 0.905. The van der Waals surface area contributed by atoms with Crippen LogP contribution in [0, 0.1) is 0 Å². The van der Waals surface area contributed by atoms with Crippen molar-refractivity contribution in [3.8, 4) is 0 Å². The molecule has 1 aromatic carbocycles. The Morgan fingerprint density at radius 1 is 1.31 bits per heavy atom. The zero-order valence-corrected chi connectivity index (χ0v) is 16.9. The van der Waals surface area contributed by atoms with Crippen molar-refractivity contribution in [2.45, 2.75) is 44.7 Å². The number of hydrogen-bond acceptors (Lipinski definition) is 4. The number of ether oxygens (including phenoxy) is 1. The van der Waals surface area contributed by atoms with Crippen LogP contribution in [0.5, 0.6) is 0 Å². The predicted octanol–water partition coefficient (Wildman–Crippen LogP) is 2.63. The number of nitrogens with one attached hydrogen (secondary N) is 1. The molecule has 8 heteroatoms. The van der Waals surface area contributed by atoms with Gasteiger partial charge in [0.1, 0.15) is 5.82 Å². The number of benzene rings is 1. The highest BCUT2D eigenvalue weighted by Gasteiger charge is 2.35. The van der Waals surface area contributed by atoms with E-state index in [1.807, 2.05) is 18.2 Å². The van der Waals surface area contributed by atoms with E-state index in [4.69, 9.17) is 15.5 Å². The highest BCUT2D eigenvalue weighted by Crippen LogP contribution is 2.21. The summed E-state index contributed by atoms with van der Waals surface area (Å²) in [6.45, 7) is 5.93. The summed E-state index contributed by atoms with van der Waals surface area (Å²) in [4.78, 5) is 17.1. The topological polar surface area (TPSA) is 82.2 Å². The van der Waals surface area contributed by atoms with Gasteiger partial charge < -0.3 is 20.4 Å². The minimum Gasteiger partial charge on any atom is -0.381 e. The average molecular weight is 403 g/mol. The van der Waals surface area contributed by atoms with Crippen LogP contribution in [0.3, 0.4) is 0 Å². The van der Waals surface area contributed by atoms with Crippen LogP contribution in [0.4, 0.5) is 0 Å². The van der Waals surface area contributed by atoms with Crippen LogP contribution < -0.4 is 11.1 Å². The summed E-state index contributed by atoms with van der Waals surface area (Å²) in [6, 6.07) is 8.45. The number of halogens is 2. The van der Waals surface area contributed by atoms with Crippen LogP contribution in [0.1, 0.15) is 38.6 Å². The van der Waals surface area contributed by atoms with Gasteiger partial charge in [-0.1, -0.05) is 12.1 Å². The van der Waals surface area contributed by atoms with Crippen molar-refractivity contribution in [3.63, 3.8) is 0 Å². The normalized spacial score (nSPS) is 16.0. The number of rotatable bonds is 5. The number of imidazole rings is 1. The number of para-hydroxylation sites is 2. The van der Waals surface area contributed by atoms with Gasteiger partial charge in [0.25, 0.3) is 0 Å². The molecule has 1 saturated heterocycles. The highest BCUT2D eigenvalue weighted by atomic mass is 35.5. The maximum Gasteiger partial charge on any atom is 0.240 e. The van der Waals surface area contributed by atoms with Crippen LogP contribution in [-0.2, 0) is 16.0 Å². The quantitative estimate of drug-likeness (QED) is 0.804. The van der Waals surface area contributed by atoms with Crippen molar-refractivity contribution >= 4 is 41.8 Å². The maximum absolute atomic E-state index is 12.4. The van der Waals surface area contributed by atoms with E-state index in [1.54, 1.807) is 0 Å². The zero-order chi connectivity index (χ0) is 17.2. The summed E-state index contributed by atoms with van der Waals surface area (Å²) < 4.78 is 7.52. The molecule has 2 heterocycles. The number of nitrogens with two attached hydrogens (primary N) is 1. The first-order chi connectivity index (χ1) is 11.5. The number of hydrogen-bond donors (Lipinski definition) is 2. The SMILES string of the molecule is CC(C)n1c(CCNC(=O)C2(N)CCOCC2)nc2ccccc21.Cl.Cl. The monoisotopic (exact) mass is 402 g/mol. The minimum atomic E-state index is -0.795. The molecular weight excluding hydrogens is 375 g/mol. The molecule has 26 heavy (non-hydrogen) atoms. The summed E-state index contributed by atoms with van der Waals surface area (Å²) in [7, 11) is 0. The fraction of sp³-hybridized carbons (Fsp3) is 0.556. The predicted molar refractivity (Wildman–Crippen MR) is 108 cm³/mol. The van der Waals surface area contributed by atoms with Gasteiger partial charge in [-0.2, -0.15) is 0 Å². The number of amides is 1. The van der Waals surface area contributed by atoms with E-state index < -0.39 is 5.54 Å². The smallest absolute Gasteiger partial charge is 0.240 e. The Hall–Kier alpha value is -1.34. The number of carbonyl (C=O) groups is 1. The van der Waals surface area contributed by atoms with E-state index in [0.29, 0.717) is 45.1 Å². The van der Waals surface area contributed by atoms with Crippen molar-refractivity contribution in [1.29, 1.82) is 0 Å². The maximum atomic E-state index is 12.4. The second-order valence-electron chi connectivity index (χ2n) is 6.75. The van der Waals surface area contributed by atoms with Crippen LogP contribution in [-0.4, -0.2) is 40.8 Å². The molecule has 6 nitrogen and oxygen atoms in total. The Morgan fingerprint density at radius 2 is 1.96 bits per heavy atom. The molecule has 1 amide bonds. The summed E-state index contributed by atoms with van der Waals surface area (Å²) in [6.07, 6.45) is 1.83. The highest BCUT2D eigenvalue weighted by molar-refractivity contribution is 5.86. The molecule has 0 spiro atoms. The van der Waals surface area contributed by atoms with Gasteiger partial charge in [0, 0.05) is 32.2 Å². The Balaban J connectivity index is 0.00000169. The number of nitrogens with zero attached hydrogens (tertiary/aromatic N) is 2. The lowest BCUT2D eigenvalue weighted by molar-refractivity contribution is -0.129. The number of fused-ring (bicyclic) bond motifs is 1. The molecule has 0 unspecified atom stereocenters. The lowest BCUT2D eigenvalue weighted by Crippen LogP contribution is -2.57. The minimum absolute atomic E-state index is 0. The van der Waals surface area contributed by atoms with Gasteiger partial charge in [-0.3, -0.25) is 4.79 Å². The molecule has 0 aliphatic carbocycles. The molecule has 0 atom stereocenters. The van der Waals surface area contributed by atoms with Crippen molar-refractivity contribution in [2.75, 3.05) is 19.8 Å². The molecule has 2 aromatic rings. The van der Waals surface area contributed by atoms with E-state index in [1.165, 1.54) is 0 Å². The third-order valence-electron chi connectivity index (χ3n) is 4.66. The van der Waals surface area contributed by atoms with E-state index in [9.17, 15) is 4.79 Å². The van der Waals surface area contributed by atoms with E-state index in [2.05, 4.69) is 29.8 Å². The van der Waals surface area contributed by atoms with Gasteiger partial charge in [0.2, 0.25) is 5.91 Å². The molecule has 0 saturated carbocycles. The molecule has 0 bridgehead atoms. The van der Waals surface area contributed by atoms with Crippen molar-refractivity contribution < 1.29 is 9.53 Å². The van der Waals surface area contributed by atoms with Gasteiger partial charge in [0.15, 0.2) is 0 Å². The molecule has 3 rings (SSSR count). The molecule has 0 radical (unpaired) electrons. The van der Waals surface area contributed by atoms with Gasteiger partial charge >= 0.3 is 0 Å². The van der Waals surface area contributed by atoms with E-state index >= 15 is 0 Å².